The third-order valence-electron chi connectivity index (χ3n) is 2.19. The van der Waals surface area contributed by atoms with Gasteiger partial charge in [0.15, 0.2) is 11.6 Å². The highest BCUT2D eigenvalue weighted by atomic mass is 35.5. The molecule has 2 nitrogen and oxygen atoms in total. The fourth-order valence-corrected chi connectivity index (χ4v) is 1.37. The van der Waals surface area contributed by atoms with Crippen molar-refractivity contribution in [3.05, 3.63) is 28.0 Å². The molecule has 0 aliphatic rings. The highest BCUT2D eigenvalue weighted by molar-refractivity contribution is 6.32. The molecule has 0 saturated heterocycles. The third-order valence-corrected chi connectivity index (χ3v) is 2.67. The third kappa shape index (κ3) is 1.83. The Balaban J connectivity index is 3.33. The number of aromatic hydroxyl groups is 1. The lowest BCUT2D eigenvalue weighted by Crippen LogP contribution is -2.03. The maximum absolute atomic E-state index is 13.4. The first-order valence-corrected chi connectivity index (χ1v) is 4.65. The van der Waals surface area contributed by atoms with Gasteiger partial charge in [-0.05, 0) is 18.1 Å². The normalized spacial score (nSPS) is 12.9. The van der Waals surface area contributed by atoms with Crippen LogP contribution < -0.4 is 0 Å². The number of phenols is 1. The molecule has 0 aliphatic carbocycles. The zero-order chi connectivity index (χ0) is 10.9. The molecule has 0 bridgehead atoms. The minimum absolute atomic E-state index is 0.0244. The molecule has 1 unspecified atom stereocenters. The Morgan fingerprint density at radius 2 is 2.14 bits per heavy atom. The molecule has 2 N–H and O–H groups in total. The van der Waals surface area contributed by atoms with Gasteiger partial charge in [0, 0.05) is 12.5 Å². The Morgan fingerprint density at radius 3 is 2.64 bits per heavy atom. The first-order valence-electron chi connectivity index (χ1n) is 4.27. The predicted octanol–water partition coefficient (Wildman–Crippen LogP) is 2.59. The average molecular weight is 219 g/mol. The highest BCUT2D eigenvalue weighted by Gasteiger charge is 2.17. The molecular formula is C10H12ClFO2. The largest absolute Gasteiger partial charge is 0.504 e. The Hall–Kier alpha value is -0.800. The van der Waals surface area contributed by atoms with Crippen molar-refractivity contribution in [2.45, 2.75) is 19.8 Å². The molecule has 1 rings (SSSR count). The van der Waals surface area contributed by atoms with Crippen LogP contribution in [-0.2, 0) is 0 Å². The van der Waals surface area contributed by atoms with Crippen LogP contribution in [0.4, 0.5) is 4.39 Å². The molecule has 0 heterocycles. The van der Waals surface area contributed by atoms with Crippen molar-refractivity contribution in [3.8, 4) is 5.75 Å². The van der Waals surface area contributed by atoms with Crippen molar-refractivity contribution in [1.82, 2.24) is 0 Å². The van der Waals surface area contributed by atoms with Crippen LogP contribution >= 0.6 is 11.6 Å². The second-order valence-electron chi connectivity index (χ2n) is 3.34. The van der Waals surface area contributed by atoms with Crippen molar-refractivity contribution < 1.29 is 14.6 Å². The lowest BCUT2D eigenvalue weighted by molar-refractivity contribution is 0.269. The summed E-state index contributed by atoms with van der Waals surface area (Å²) in [6, 6.07) is 1.54. The van der Waals surface area contributed by atoms with Crippen molar-refractivity contribution in [2.75, 3.05) is 6.61 Å². The highest BCUT2D eigenvalue weighted by Crippen LogP contribution is 2.34. The zero-order valence-electron chi connectivity index (χ0n) is 8.01. The van der Waals surface area contributed by atoms with Gasteiger partial charge in [-0.1, -0.05) is 24.6 Å². The molecule has 0 aliphatic heterocycles. The monoisotopic (exact) mass is 218 g/mol. The Labute approximate surface area is 86.9 Å². The molecule has 0 aromatic heterocycles. The van der Waals surface area contributed by atoms with Gasteiger partial charge in [0.1, 0.15) is 0 Å². The van der Waals surface area contributed by atoms with E-state index < -0.39 is 11.6 Å². The number of aliphatic hydroxyl groups is 1. The van der Waals surface area contributed by atoms with Gasteiger partial charge < -0.3 is 10.2 Å². The molecule has 0 amide bonds. The van der Waals surface area contributed by atoms with Crippen LogP contribution in [0.25, 0.3) is 0 Å². The average Bonchev–Trinajstić information content (AvgIpc) is 2.19. The van der Waals surface area contributed by atoms with E-state index in [1.54, 1.807) is 13.8 Å². The maximum Gasteiger partial charge on any atom is 0.170 e. The van der Waals surface area contributed by atoms with E-state index in [4.69, 9.17) is 16.7 Å². The van der Waals surface area contributed by atoms with E-state index in [1.807, 2.05) is 0 Å². The second kappa shape index (κ2) is 4.15. The Bertz CT molecular complexity index is 352. The van der Waals surface area contributed by atoms with E-state index in [0.29, 0.717) is 5.56 Å². The molecule has 0 radical (unpaired) electrons. The minimum atomic E-state index is -0.748. The maximum atomic E-state index is 13.4. The van der Waals surface area contributed by atoms with Crippen molar-refractivity contribution >= 4 is 11.6 Å². The van der Waals surface area contributed by atoms with E-state index in [0.717, 1.165) is 0 Å². The Morgan fingerprint density at radius 1 is 1.57 bits per heavy atom. The molecule has 1 aromatic rings. The van der Waals surface area contributed by atoms with Gasteiger partial charge in [0.05, 0.1) is 5.02 Å². The predicted molar refractivity (Wildman–Crippen MR) is 53.3 cm³/mol. The van der Waals surface area contributed by atoms with Crippen molar-refractivity contribution in [2.24, 2.45) is 0 Å². The summed E-state index contributed by atoms with van der Waals surface area (Å²) >= 11 is 5.65. The van der Waals surface area contributed by atoms with Crippen LogP contribution in [0, 0.1) is 12.7 Å². The summed E-state index contributed by atoms with van der Waals surface area (Å²) in [5.41, 5.74) is 0.882. The van der Waals surface area contributed by atoms with Gasteiger partial charge in [-0.25, -0.2) is 4.39 Å². The SMILES string of the molecule is Cc1cc(C(C)CO)c(F)c(O)c1Cl. The number of rotatable bonds is 2. The molecule has 4 heteroatoms. The van der Waals surface area contributed by atoms with Crippen LogP contribution in [0.5, 0.6) is 5.75 Å². The number of halogens is 2. The molecule has 0 spiro atoms. The van der Waals surface area contributed by atoms with Gasteiger partial charge in [0.2, 0.25) is 0 Å². The summed E-state index contributed by atoms with van der Waals surface area (Å²) < 4.78 is 13.4. The topological polar surface area (TPSA) is 40.5 Å². The van der Waals surface area contributed by atoms with E-state index in [9.17, 15) is 9.50 Å². The van der Waals surface area contributed by atoms with Gasteiger partial charge >= 0.3 is 0 Å². The first-order chi connectivity index (χ1) is 6.49. The molecule has 14 heavy (non-hydrogen) atoms. The van der Waals surface area contributed by atoms with Crippen LogP contribution in [0.15, 0.2) is 6.07 Å². The molecule has 0 saturated carbocycles. The summed E-state index contributed by atoms with van der Waals surface area (Å²) in [6.45, 7) is 3.18. The first kappa shape index (κ1) is 11.3. The van der Waals surface area contributed by atoms with Crippen LogP contribution in [0.1, 0.15) is 24.0 Å². The molecule has 0 fully saturated rings. The quantitative estimate of drug-likeness (QED) is 0.801. The van der Waals surface area contributed by atoms with Gasteiger partial charge in [-0.2, -0.15) is 0 Å². The summed E-state index contributed by atoms with van der Waals surface area (Å²) in [4.78, 5) is 0. The Kier molecular flexibility index (Phi) is 3.34. The number of aliphatic hydroxyl groups excluding tert-OH is 1. The van der Waals surface area contributed by atoms with E-state index in [2.05, 4.69) is 0 Å². The molecular weight excluding hydrogens is 207 g/mol. The smallest absolute Gasteiger partial charge is 0.170 e. The number of hydrogen-bond acceptors (Lipinski definition) is 2. The van der Waals surface area contributed by atoms with Crippen molar-refractivity contribution in [1.29, 1.82) is 0 Å². The zero-order valence-corrected chi connectivity index (χ0v) is 8.77. The van der Waals surface area contributed by atoms with Gasteiger partial charge in [-0.3, -0.25) is 0 Å². The standard InChI is InChI=1S/C10H12ClFO2/c1-5-3-7(6(2)4-13)9(12)10(14)8(5)11/h3,6,13-14H,4H2,1-2H3. The number of benzene rings is 1. The minimum Gasteiger partial charge on any atom is -0.504 e. The molecule has 1 aromatic carbocycles. The van der Waals surface area contributed by atoms with Crippen LogP contribution in [0.3, 0.4) is 0 Å². The fraction of sp³-hybridized carbons (Fsp3) is 0.400. The number of phenolic OH excluding ortho intramolecular Hbond substituents is 1. The van der Waals surface area contributed by atoms with E-state index >= 15 is 0 Å². The van der Waals surface area contributed by atoms with Crippen molar-refractivity contribution in [3.63, 3.8) is 0 Å². The van der Waals surface area contributed by atoms with Gasteiger partial charge in [-0.15, -0.1) is 0 Å². The van der Waals surface area contributed by atoms with Gasteiger partial charge in [0.25, 0.3) is 0 Å². The van der Waals surface area contributed by atoms with E-state index in [-0.39, 0.29) is 23.1 Å². The number of aryl methyl sites for hydroxylation is 1. The summed E-state index contributed by atoms with van der Waals surface area (Å²) in [5.74, 6) is -1.64. The lowest BCUT2D eigenvalue weighted by atomic mass is 9.99. The summed E-state index contributed by atoms with van der Waals surface area (Å²) in [5, 5.41) is 18.2. The van der Waals surface area contributed by atoms with Crippen LogP contribution in [0.2, 0.25) is 5.02 Å². The fourth-order valence-electron chi connectivity index (χ4n) is 1.24. The summed E-state index contributed by atoms with van der Waals surface area (Å²) in [6.07, 6.45) is 0. The molecule has 1 atom stereocenters. The lowest BCUT2D eigenvalue weighted by Gasteiger charge is -2.13. The molecule has 78 valence electrons. The van der Waals surface area contributed by atoms with E-state index in [1.165, 1.54) is 6.07 Å². The number of hydrogen-bond donors (Lipinski definition) is 2. The summed E-state index contributed by atoms with van der Waals surface area (Å²) in [7, 11) is 0. The second-order valence-corrected chi connectivity index (χ2v) is 3.72. The van der Waals surface area contributed by atoms with Crippen LogP contribution in [-0.4, -0.2) is 16.8 Å².